The van der Waals surface area contributed by atoms with Crippen LogP contribution in [0.1, 0.15) is 42.4 Å². The summed E-state index contributed by atoms with van der Waals surface area (Å²) in [6.45, 7) is 2.55. The van der Waals surface area contributed by atoms with E-state index < -0.39 is 0 Å². The van der Waals surface area contributed by atoms with Crippen molar-refractivity contribution < 1.29 is 4.74 Å². The van der Waals surface area contributed by atoms with E-state index in [1.807, 2.05) is 36.5 Å². The number of para-hydroxylation sites is 1. The van der Waals surface area contributed by atoms with Crippen LogP contribution in [0.15, 0.2) is 53.5 Å². The molecule has 0 aromatic heterocycles. The van der Waals surface area contributed by atoms with Gasteiger partial charge in [0, 0.05) is 6.04 Å². The van der Waals surface area contributed by atoms with Crippen molar-refractivity contribution in [3.8, 4) is 11.9 Å². The second kappa shape index (κ2) is 9.03. The second-order valence-electron chi connectivity index (χ2n) is 7.77. The highest BCUT2D eigenvalue weighted by molar-refractivity contribution is 5.81. The number of nitriles is 1. The molecule has 2 aromatic rings. The summed E-state index contributed by atoms with van der Waals surface area (Å²) in [5.74, 6) is 1.15. The highest BCUT2D eigenvalue weighted by Crippen LogP contribution is 2.27. The summed E-state index contributed by atoms with van der Waals surface area (Å²) in [5, 5.41) is 9.03. The molecular weight excluding hydrogens is 346 g/mol. The summed E-state index contributed by atoms with van der Waals surface area (Å²) in [6.07, 6.45) is 9.93. The number of nitrogens with zero attached hydrogens (tertiary/aromatic N) is 3. The SMILES string of the molecule is N#CN=C(Cc1ccc2c(c1)CCC(N1CCCC1)CC2)Oc1ccccc1. The number of aryl methyl sites for hydroxylation is 2. The van der Waals surface area contributed by atoms with Gasteiger partial charge in [-0.05, 0) is 80.4 Å². The third-order valence-electron chi connectivity index (χ3n) is 5.93. The lowest BCUT2D eigenvalue weighted by molar-refractivity contribution is 0.222. The van der Waals surface area contributed by atoms with E-state index in [1.54, 1.807) is 0 Å². The molecule has 1 heterocycles. The van der Waals surface area contributed by atoms with Crippen LogP contribution >= 0.6 is 0 Å². The Bertz CT molecular complexity index is 863. The second-order valence-corrected chi connectivity index (χ2v) is 7.77. The van der Waals surface area contributed by atoms with Gasteiger partial charge in [-0.3, -0.25) is 0 Å². The molecule has 1 aliphatic heterocycles. The molecule has 0 N–H and O–H groups in total. The van der Waals surface area contributed by atoms with E-state index in [1.165, 1.54) is 49.9 Å². The first-order valence-corrected chi connectivity index (χ1v) is 10.3. The number of hydrogen-bond acceptors (Lipinski definition) is 4. The molecule has 144 valence electrons. The molecule has 0 saturated carbocycles. The van der Waals surface area contributed by atoms with Crippen molar-refractivity contribution in [3.05, 3.63) is 65.2 Å². The lowest BCUT2D eigenvalue weighted by Crippen LogP contribution is -2.32. The van der Waals surface area contributed by atoms with Gasteiger partial charge in [-0.2, -0.15) is 5.26 Å². The summed E-state index contributed by atoms with van der Waals surface area (Å²) in [7, 11) is 0. The molecule has 1 atom stereocenters. The Labute approximate surface area is 167 Å². The summed E-state index contributed by atoms with van der Waals surface area (Å²) in [4.78, 5) is 6.60. The van der Waals surface area contributed by atoms with Gasteiger partial charge in [0.15, 0.2) is 0 Å². The lowest BCUT2D eigenvalue weighted by Gasteiger charge is -2.26. The molecule has 0 spiro atoms. The van der Waals surface area contributed by atoms with Crippen molar-refractivity contribution in [1.29, 1.82) is 5.26 Å². The zero-order valence-electron chi connectivity index (χ0n) is 16.3. The summed E-state index contributed by atoms with van der Waals surface area (Å²) < 4.78 is 5.83. The predicted octanol–water partition coefficient (Wildman–Crippen LogP) is 4.53. The van der Waals surface area contributed by atoms with Crippen LogP contribution in [0.2, 0.25) is 0 Å². The molecule has 4 rings (SSSR count). The molecule has 1 aliphatic carbocycles. The number of benzene rings is 2. The first-order valence-electron chi connectivity index (χ1n) is 10.3. The predicted molar refractivity (Wildman–Crippen MR) is 112 cm³/mol. The number of hydrogen-bond donors (Lipinski definition) is 0. The third-order valence-corrected chi connectivity index (χ3v) is 5.93. The fourth-order valence-corrected chi connectivity index (χ4v) is 4.48. The zero-order valence-corrected chi connectivity index (χ0v) is 16.3. The van der Waals surface area contributed by atoms with Crippen LogP contribution < -0.4 is 4.74 Å². The molecule has 28 heavy (non-hydrogen) atoms. The van der Waals surface area contributed by atoms with Gasteiger partial charge in [0.1, 0.15) is 5.75 Å². The number of fused-ring (bicyclic) bond motifs is 1. The lowest BCUT2D eigenvalue weighted by atomic mass is 9.99. The zero-order chi connectivity index (χ0) is 19.2. The first kappa shape index (κ1) is 18.7. The molecular formula is C24H27N3O. The van der Waals surface area contributed by atoms with Crippen molar-refractivity contribution in [3.63, 3.8) is 0 Å². The largest absolute Gasteiger partial charge is 0.442 e. The van der Waals surface area contributed by atoms with E-state index in [9.17, 15) is 0 Å². The molecule has 4 heteroatoms. The first-order chi connectivity index (χ1) is 13.8. The van der Waals surface area contributed by atoms with Crippen LogP contribution in [0.3, 0.4) is 0 Å². The average Bonchev–Trinajstić information content (AvgIpc) is 3.17. The topological polar surface area (TPSA) is 48.6 Å². The van der Waals surface area contributed by atoms with Gasteiger partial charge in [-0.25, -0.2) is 0 Å². The maximum Gasteiger partial charge on any atom is 0.210 e. The molecule has 0 bridgehead atoms. The van der Waals surface area contributed by atoms with E-state index in [0.717, 1.165) is 24.4 Å². The van der Waals surface area contributed by atoms with Gasteiger partial charge in [-0.15, -0.1) is 4.99 Å². The third kappa shape index (κ3) is 4.61. The van der Waals surface area contributed by atoms with Crippen LogP contribution in [0.4, 0.5) is 0 Å². The Morgan fingerprint density at radius 3 is 2.54 bits per heavy atom. The normalized spacial score (nSPS) is 20.2. The molecule has 1 fully saturated rings. The van der Waals surface area contributed by atoms with Crippen LogP contribution in [0.5, 0.6) is 5.75 Å². The Hall–Kier alpha value is -2.64. The molecule has 0 amide bonds. The fraction of sp³-hybridized carbons (Fsp3) is 0.417. The van der Waals surface area contributed by atoms with Gasteiger partial charge in [0.2, 0.25) is 12.1 Å². The van der Waals surface area contributed by atoms with Gasteiger partial charge < -0.3 is 9.64 Å². The Kier molecular flexibility index (Phi) is 6.04. The molecule has 1 saturated heterocycles. The maximum absolute atomic E-state index is 9.03. The van der Waals surface area contributed by atoms with E-state index in [4.69, 9.17) is 10.00 Å². The van der Waals surface area contributed by atoms with Crippen molar-refractivity contribution in [2.24, 2.45) is 4.99 Å². The number of ether oxygens (including phenoxy) is 1. The van der Waals surface area contributed by atoms with Gasteiger partial charge in [0.25, 0.3) is 0 Å². The minimum atomic E-state index is 0.442. The number of aliphatic imine (C=N–C) groups is 1. The molecule has 2 aliphatic rings. The Morgan fingerprint density at radius 2 is 1.79 bits per heavy atom. The van der Waals surface area contributed by atoms with Crippen LogP contribution in [0.25, 0.3) is 0 Å². The summed E-state index contributed by atoms with van der Waals surface area (Å²) in [6, 6.07) is 17.0. The van der Waals surface area contributed by atoms with Gasteiger partial charge >= 0.3 is 0 Å². The van der Waals surface area contributed by atoms with Crippen LogP contribution in [-0.2, 0) is 19.3 Å². The number of rotatable bonds is 4. The van der Waals surface area contributed by atoms with Gasteiger partial charge in [0.05, 0.1) is 6.42 Å². The monoisotopic (exact) mass is 373 g/mol. The van der Waals surface area contributed by atoms with Gasteiger partial charge in [-0.1, -0.05) is 36.4 Å². The van der Waals surface area contributed by atoms with Crippen LogP contribution in [-0.4, -0.2) is 29.9 Å². The smallest absolute Gasteiger partial charge is 0.210 e. The highest BCUT2D eigenvalue weighted by atomic mass is 16.5. The minimum absolute atomic E-state index is 0.442. The maximum atomic E-state index is 9.03. The quantitative estimate of drug-likeness (QED) is 0.342. The molecule has 1 unspecified atom stereocenters. The standard InChI is InChI=1S/C24H27N3O/c25-18-26-24(28-23-6-2-1-3-7-23)17-19-8-9-20-10-12-22(13-11-21(20)16-19)27-14-4-5-15-27/h1-3,6-9,16,22H,4-5,10-15,17H2. The van der Waals surface area contributed by atoms with E-state index in [2.05, 4.69) is 28.1 Å². The Morgan fingerprint density at radius 1 is 1.04 bits per heavy atom. The van der Waals surface area contributed by atoms with Crippen molar-refractivity contribution in [2.75, 3.05) is 13.1 Å². The molecule has 4 nitrogen and oxygen atoms in total. The van der Waals surface area contributed by atoms with E-state index >= 15 is 0 Å². The highest BCUT2D eigenvalue weighted by Gasteiger charge is 2.24. The fourth-order valence-electron chi connectivity index (χ4n) is 4.48. The average molecular weight is 374 g/mol. The van der Waals surface area contributed by atoms with Crippen molar-refractivity contribution in [1.82, 2.24) is 4.90 Å². The number of likely N-dealkylation sites (tertiary alicyclic amines) is 1. The van der Waals surface area contributed by atoms with Crippen molar-refractivity contribution >= 4 is 5.90 Å². The molecule has 2 aromatic carbocycles. The summed E-state index contributed by atoms with van der Waals surface area (Å²) >= 11 is 0. The van der Waals surface area contributed by atoms with E-state index in [-0.39, 0.29) is 0 Å². The Balaban J connectivity index is 1.45. The minimum Gasteiger partial charge on any atom is -0.442 e. The van der Waals surface area contributed by atoms with E-state index in [0.29, 0.717) is 18.1 Å². The summed E-state index contributed by atoms with van der Waals surface area (Å²) in [5.41, 5.74) is 4.09. The molecule has 0 radical (unpaired) electrons. The van der Waals surface area contributed by atoms with Crippen LogP contribution in [0, 0.1) is 11.5 Å². The van der Waals surface area contributed by atoms with Crippen molar-refractivity contribution in [2.45, 2.75) is 51.0 Å².